The molecule has 0 saturated heterocycles. The number of pyridine rings is 1. The van der Waals surface area contributed by atoms with Crippen LogP contribution < -0.4 is 8.37 Å². The van der Waals surface area contributed by atoms with Gasteiger partial charge in [-0.3, -0.25) is 4.98 Å². The zero-order valence-corrected chi connectivity index (χ0v) is 31.6. The van der Waals surface area contributed by atoms with Crippen LogP contribution in [0.3, 0.4) is 0 Å². The van der Waals surface area contributed by atoms with Gasteiger partial charge in [0.15, 0.2) is 0 Å². The van der Waals surface area contributed by atoms with E-state index < -0.39 is 42.8 Å². The van der Waals surface area contributed by atoms with Crippen LogP contribution in [0.4, 0.5) is 26.3 Å². The van der Waals surface area contributed by atoms with Gasteiger partial charge >= 0.3 is 31.3 Å². The van der Waals surface area contributed by atoms with Gasteiger partial charge in [-0.15, -0.1) is 0 Å². The summed E-state index contributed by atoms with van der Waals surface area (Å²) in [4.78, 5) is 4.73. The van der Waals surface area contributed by atoms with Gasteiger partial charge in [0.2, 0.25) is 0 Å². The van der Waals surface area contributed by atoms with Gasteiger partial charge in [0.1, 0.15) is 11.5 Å². The number of hydrogen-bond acceptors (Lipinski definition) is 7. The molecule has 8 aromatic rings. The van der Waals surface area contributed by atoms with Crippen molar-refractivity contribution in [2.45, 2.75) is 11.0 Å². The van der Waals surface area contributed by atoms with Crippen molar-refractivity contribution in [2.24, 2.45) is 0 Å². The molecule has 2 heterocycles. The summed E-state index contributed by atoms with van der Waals surface area (Å²) in [6, 6.07) is 42.9. The summed E-state index contributed by atoms with van der Waals surface area (Å²) in [5.41, 5.74) is -5.72. The van der Waals surface area contributed by atoms with Gasteiger partial charge < -0.3 is 12.9 Å². The van der Waals surface area contributed by atoms with Crippen molar-refractivity contribution in [3.8, 4) is 61.8 Å². The fourth-order valence-corrected chi connectivity index (χ4v) is 7.70. The number of fused-ring (bicyclic) bond motifs is 3. The molecular weight excluding hydrogens is 819 g/mol. The lowest BCUT2D eigenvalue weighted by Crippen LogP contribution is -2.29. The van der Waals surface area contributed by atoms with Crippen LogP contribution in [-0.2, 0) is 20.2 Å². The van der Waals surface area contributed by atoms with Crippen molar-refractivity contribution in [3.63, 3.8) is 0 Å². The van der Waals surface area contributed by atoms with E-state index in [1.165, 1.54) is 12.1 Å². The molecule has 0 aliphatic rings. The normalized spacial score (nSPS) is 12.5. The second kappa shape index (κ2) is 14.6. The minimum Gasteiger partial charge on any atom is -0.376 e. The highest BCUT2D eigenvalue weighted by Crippen LogP contribution is 2.44. The molecule has 8 rings (SSSR count). The summed E-state index contributed by atoms with van der Waals surface area (Å²) in [6.07, 6.45) is 1.56. The fraction of sp³-hybridized carbons (Fsp3) is 0.0465. The largest absolute Gasteiger partial charge is 0.534 e. The minimum atomic E-state index is -6.36. The highest BCUT2D eigenvalue weighted by atomic mass is 32.2. The third-order valence-electron chi connectivity index (χ3n) is 9.36. The average Bonchev–Trinajstić information content (AvgIpc) is 3.54. The topological polar surface area (TPSA) is 105 Å². The number of aromatic nitrogens is 2. The third-order valence-corrected chi connectivity index (χ3v) is 11.3. The van der Waals surface area contributed by atoms with Gasteiger partial charge in [0.25, 0.3) is 0 Å². The highest BCUT2D eigenvalue weighted by molar-refractivity contribution is 7.88. The fourth-order valence-electron chi connectivity index (χ4n) is 6.81. The third kappa shape index (κ3) is 7.47. The first-order chi connectivity index (χ1) is 28.0. The van der Waals surface area contributed by atoms with E-state index in [1.807, 2.05) is 109 Å². The number of halogens is 6. The first-order valence-electron chi connectivity index (χ1n) is 17.4. The van der Waals surface area contributed by atoms with Crippen LogP contribution in [0.15, 0.2) is 158 Å². The monoisotopic (exact) mass is 844 g/mol. The molecule has 2 aromatic heterocycles. The van der Waals surface area contributed by atoms with E-state index in [4.69, 9.17) is 4.98 Å². The molecular formula is C43H26F6N2O6S2. The summed E-state index contributed by atoms with van der Waals surface area (Å²) in [7, 11) is -12.7. The van der Waals surface area contributed by atoms with Crippen LogP contribution in [0.25, 0.3) is 72.1 Å². The molecule has 0 spiro atoms. The molecule has 0 amide bonds. The summed E-state index contributed by atoms with van der Waals surface area (Å²) >= 11 is 0. The maximum Gasteiger partial charge on any atom is 0.534 e. The predicted octanol–water partition coefficient (Wildman–Crippen LogP) is 11.3. The first-order valence-corrected chi connectivity index (χ1v) is 20.2. The molecule has 6 aromatic carbocycles. The van der Waals surface area contributed by atoms with Crippen molar-refractivity contribution in [2.75, 3.05) is 0 Å². The van der Waals surface area contributed by atoms with Crippen molar-refractivity contribution < 1.29 is 51.5 Å². The van der Waals surface area contributed by atoms with Crippen molar-refractivity contribution in [1.29, 1.82) is 0 Å². The molecule has 0 atom stereocenters. The molecule has 8 nitrogen and oxygen atoms in total. The predicted molar refractivity (Wildman–Crippen MR) is 212 cm³/mol. The number of benzene rings is 6. The summed E-state index contributed by atoms with van der Waals surface area (Å²) in [5.74, 6) is -2.33. The van der Waals surface area contributed by atoms with Crippen LogP contribution in [0.2, 0.25) is 0 Å². The zero-order valence-electron chi connectivity index (χ0n) is 29.9. The molecule has 298 valence electrons. The Morgan fingerprint density at radius 3 is 1.63 bits per heavy atom. The molecule has 0 aliphatic carbocycles. The summed E-state index contributed by atoms with van der Waals surface area (Å²) < 4.78 is 139. The van der Waals surface area contributed by atoms with E-state index in [1.54, 1.807) is 18.3 Å². The van der Waals surface area contributed by atoms with Gasteiger partial charge in [0.05, 0.1) is 16.7 Å². The van der Waals surface area contributed by atoms with E-state index in [9.17, 15) is 43.2 Å². The lowest BCUT2D eigenvalue weighted by molar-refractivity contribution is -0.0502. The maximum atomic E-state index is 13.4. The van der Waals surface area contributed by atoms with Gasteiger partial charge in [-0.25, -0.2) is 0 Å². The van der Waals surface area contributed by atoms with Gasteiger partial charge in [-0.05, 0) is 76.3 Å². The Hall–Kier alpha value is -6.65. The lowest BCUT2D eigenvalue weighted by Gasteiger charge is -2.18. The van der Waals surface area contributed by atoms with E-state index in [0.717, 1.165) is 45.2 Å². The maximum absolute atomic E-state index is 13.4. The number of hydrogen-bond donors (Lipinski definition) is 0. The minimum absolute atomic E-state index is 0.119. The second-order valence-electron chi connectivity index (χ2n) is 13.1. The Labute approximate surface area is 332 Å². The van der Waals surface area contributed by atoms with E-state index >= 15 is 0 Å². The lowest BCUT2D eigenvalue weighted by atomic mass is 9.89. The smallest absolute Gasteiger partial charge is 0.376 e. The molecule has 0 fully saturated rings. The average molecular weight is 845 g/mol. The quantitative estimate of drug-likeness (QED) is 0.0809. The first kappa shape index (κ1) is 39.2. The number of alkyl halides is 6. The number of para-hydroxylation sites is 2. The summed E-state index contributed by atoms with van der Waals surface area (Å²) in [6.45, 7) is 0. The van der Waals surface area contributed by atoms with Crippen molar-refractivity contribution in [1.82, 2.24) is 9.55 Å². The van der Waals surface area contributed by atoms with Gasteiger partial charge in [-0.2, -0.15) is 43.2 Å². The van der Waals surface area contributed by atoms with E-state index in [0.29, 0.717) is 34.0 Å². The number of rotatable bonds is 9. The Kier molecular flexibility index (Phi) is 9.71. The Morgan fingerprint density at radius 2 is 1.00 bits per heavy atom. The summed E-state index contributed by atoms with van der Waals surface area (Å²) in [5, 5.41) is 1.86. The standard InChI is InChI=1S/C43H26F6N2O6S2/c44-42(45,46)58(52,53)56-31-21-29(22-32(24-31)57-59(54,55)43(47,48)49)33-15-7-8-16-34(33)38-26-50-39(27-11-3-1-4-12-27)25-36(38)28-19-20-41-37(23-28)35-17-9-10-18-40(35)51(41)30-13-5-2-6-14-30/h1-26H. The highest BCUT2D eigenvalue weighted by Gasteiger charge is 2.50. The molecule has 0 unspecified atom stereocenters. The molecule has 0 radical (unpaired) electrons. The van der Waals surface area contributed by atoms with Gasteiger partial charge in [0, 0.05) is 39.8 Å². The Bertz CT molecular complexity index is 3050. The second-order valence-corrected chi connectivity index (χ2v) is 16.2. The van der Waals surface area contributed by atoms with E-state index in [-0.39, 0.29) is 11.1 Å². The molecule has 0 bridgehead atoms. The van der Waals surface area contributed by atoms with Crippen LogP contribution >= 0.6 is 0 Å². The van der Waals surface area contributed by atoms with Crippen molar-refractivity contribution >= 4 is 42.0 Å². The number of nitrogens with zero attached hydrogens (tertiary/aromatic N) is 2. The molecule has 0 aliphatic heterocycles. The van der Waals surface area contributed by atoms with Gasteiger partial charge in [-0.1, -0.05) is 97.1 Å². The van der Waals surface area contributed by atoms with Crippen LogP contribution in [0.1, 0.15) is 0 Å². The Balaban J connectivity index is 1.35. The van der Waals surface area contributed by atoms with Crippen LogP contribution in [-0.4, -0.2) is 37.4 Å². The molecule has 0 N–H and O–H groups in total. The van der Waals surface area contributed by atoms with E-state index in [2.05, 4.69) is 12.9 Å². The zero-order chi connectivity index (χ0) is 41.7. The Morgan fingerprint density at radius 1 is 0.458 bits per heavy atom. The SMILES string of the molecule is O=S(=O)(Oc1cc(OS(=O)(=O)C(F)(F)F)cc(-c2ccccc2-c2cnc(-c3ccccc3)cc2-c2ccc3c(c2)c2ccccc2n3-c2ccccc2)c1)C(F)(F)F. The molecule has 0 saturated carbocycles. The van der Waals surface area contributed by atoms with Crippen molar-refractivity contribution in [3.05, 3.63) is 158 Å². The van der Waals surface area contributed by atoms with Crippen LogP contribution in [0.5, 0.6) is 11.5 Å². The van der Waals surface area contributed by atoms with Crippen LogP contribution in [0, 0.1) is 0 Å². The molecule has 16 heteroatoms. The molecule has 59 heavy (non-hydrogen) atoms.